The van der Waals surface area contributed by atoms with Crippen molar-refractivity contribution in [1.29, 1.82) is 0 Å². The van der Waals surface area contributed by atoms with Gasteiger partial charge < -0.3 is 15.0 Å². The molecule has 2 rings (SSSR count). The second-order valence-electron chi connectivity index (χ2n) is 7.09. The Balaban J connectivity index is 2.12. The van der Waals surface area contributed by atoms with Gasteiger partial charge in [-0.15, -0.1) is 0 Å². The van der Waals surface area contributed by atoms with Crippen LogP contribution < -0.4 is 10.1 Å². The number of carbonyl (C=O) groups is 2. The molecule has 1 N–H and O–H groups in total. The van der Waals surface area contributed by atoms with Gasteiger partial charge in [0.2, 0.25) is 5.91 Å². The van der Waals surface area contributed by atoms with Gasteiger partial charge in [-0.1, -0.05) is 43.3 Å². The number of carbonyl (C=O) groups excluding carboxylic acids is 2. The van der Waals surface area contributed by atoms with Crippen molar-refractivity contribution in [2.75, 3.05) is 13.2 Å². The number of hydrogen-bond donors (Lipinski definition) is 1. The lowest BCUT2D eigenvalue weighted by Gasteiger charge is -2.28. The van der Waals surface area contributed by atoms with Crippen LogP contribution in [0.4, 0.5) is 0 Å². The first kappa shape index (κ1) is 21.5. The van der Waals surface area contributed by atoms with E-state index in [4.69, 9.17) is 4.74 Å². The maximum absolute atomic E-state index is 12.9. The van der Waals surface area contributed by atoms with Crippen LogP contribution >= 0.6 is 0 Å². The molecule has 0 spiro atoms. The van der Waals surface area contributed by atoms with Crippen LogP contribution in [0.1, 0.15) is 37.0 Å². The molecule has 0 aliphatic rings. The van der Waals surface area contributed by atoms with Gasteiger partial charge in [0.05, 0.1) is 0 Å². The fourth-order valence-electron chi connectivity index (χ4n) is 3.00. The summed E-state index contributed by atoms with van der Waals surface area (Å²) in [5.41, 5.74) is 3.13. The van der Waals surface area contributed by atoms with Gasteiger partial charge in [-0.3, -0.25) is 9.59 Å². The largest absolute Gasteiger partial charge is 0.484 e. The van der Waals surface area contributed by atoms with E-state index in [9.17, 15) is 9.59 Å². The maximum atomic E-state index is 12.9. The predicted molar refractivity (Wildman–Crippen MR) is 111 cm³/mol. The third-order valence-electron chi connectivity index (χ3n) is 4.47. The molecule has 1 atom stereocenters. The summed E-state index contributed by atoms with van der Waals surface area (Å²) in [5.74, 6) is 0.285. The molecule has 0 aromatic heterocycles. The third-order valence-corrected chi connectivity index (χ3v) is 4.47. The number of ether oxygens (including phenoxy) is 1. The number of hydrogen-bond acceptors (Lipinski definition) is 3. The second-order valence-corrected chi connectivity index (χ2v) is 7.09. The summed E-state index contributed by atoms with van der Waals surface area (Å²) in [6, 6.07) is 14.9. The highest BCUT2D eigenvalue weighted by molar-refractivity contribution is 5.87. The highest BCUT2D eigenvalue weighted by Gasteiger charge is 2.26. The Labute approximate surface area is 167 Å². The number of nitrogens with zero attached hydrogens (tertiary/aromatic N) is 1. The monoisotopic (exact) mass is 382 g/mol. The fraction of sp³-hybridized carbons (Fsp3) is 0.391. The topological polar surface area (TPSA) is 58.6 Å². The zero-order chi connectivity index (χ0) is 20.5. The summed E-state index contributed by atoms with van der Waals surface area (Å²) in [6.07, 6.45) is 0.848. The van der Waals surface area contributed by atoms with Crippen LogP contribution in [0.15, 0.2) is 48.5 Å². The number of rotatable bonds is 9. The zero-order valence-corrected chi connectivity index (χ0v) is 17.2. The Morgan fingerprint density at radius 2 is 1.71 bits per heavy atom. The average Bonchev–Trinajstić information content (AvgIpc) is 2.68. The number of nitrogens with one attached hydrogen (secondary N) is 1. The summed E-state index contributed by atoms with van der Waals surface area (Å²) in [7, 11) is 0. The zero-order valence-electron chi connectivity index (χ0n) is 17.2. The molecule has 2 aromatic carbocycles. The molecule has 0 aliphatic heterocycles. The van der Waals surface area contributed by atoms with Gasteiger partial charge in [0.1, 0.15) is 11.8 Å². The molecule has 28 heavy (non-hydrogen) atoms. The fourth-order valence-corrected chi connectivity index (χ4v) is 3.00. The molecule has 0 unspecified atom stereocenters. The van der Waals surface area contributed by atoms with Crippen molar-refractivity contribution in [1.82, 2.24) is 10.2 Å². The van der Waals surface area contributed by atoms with Crippen molar-refractivity contribution >= 4 is 11.8 Å². The minimum atomic E-state index is -0.581. The predicted octanol–water partition coefficient (Wildman–Crippen LogP) is 3.63. The third kappa shape index (κ3) is 6.41. The van der Waals surface area contributed by atoms with Crippen molar-refractivity contribution in [3.63, 3.8) is 0 Å². The molecule has 2 aromatic rings. The van der Waals surface area contributed by atoms with E-state index in [-0.39, 0.29) is 18.4 Å². The van der Waals surface area contributed by atoms with Crippen LogP contribution in [0.2, 0.25) is 0 Å². The van der Waals surface area contributed by atoms with Crippen LogP contribution in [0, 0.1) is 13.8 Å². The van der Waals surface area contributed by atoms with Gasteiger partial charge in [-0.2, -0.15) is 0 Å². The molecule has 0 radical (unpaired) electrons. The smallest absolute Gasteiger partial charge is 0.261 e. The average molecular weight is 383 g/mol. The molecule has 0 fully saturated rings. The minimum Gasteiger partial charge on any atom is -0.484 e. The van der Waals surface area contributed by atoms with Gasteiger partial charge >= 0.3 is 0 Å². The van der Waals surface area contributed by atoms with Crippen molar-refractivity contribution < 1.29 is 14.3 Å². The van der Waals surface area contributed by atoms with Crippen molar-refractivity contribution in [2.24, 2.45) is 0 Å². The van der Waals surface area contributed by atoms with Crippen LogP contribution in [-0.2, 0) is 16.1 Å². The molecule has 5 heteroatoms. The van der Waals surface area contributed by atoms with Gasteiger partial charge in [0, 0.05) is 13.1 Å². The van der Waals surface area contributed by atoms with Crippen molar-refractivity contribution in [3.05, 3.63) is 65.2 Å². The van der Waals surface area contributed by atoms with Gasteiger partial charge in [-0.05, 0) is 56.0 Å². The highest BCUT2D eigenvalue weighted by atomic mass is 16.5. The van der Waals surface area contributed by atoms with E-state index in [1.807, 2.05) is 63.2 Å². The first-order chi connectivity index (χ1) is 13.4. The summed E-state index contributed by atoms with van der Waals surface area (Å²) in [6.45, 7) is 8.57. The van der Waals surface area contributed by atoms with Crippen LogP contribution in [-0.4, -0.2) is 35.9 Å². The standard InChI is InChI=1S/C23H30N2O3/c1-5-11-24-23(27)19(4)25(15-20-9-7-6-8-10-20)22(26)16-28-21-13-17(2)12-18(3)14-21/h6-10,12-14,19H,5,11,15-16H2,1-4H3,(H,24,27)/t19-/m0/s1. The summed E-state index contributed by atoms with van der Waals surface area (Å²) < 4.78 is 5.74. The number of amides is 2. The molecule has 5 nitrogen and oxygen atoms in total. The van der Waals surface area contributed by atoms with Crippen LogP contribution in [0.25, 0.3) is 0 Å². The number of benzene rings is 2. The number of aryl methyl sites for hydroxylation is 2. The maximum Gasteiger partial charge on any atom is 0.261 e. The normalized spacial score (nSPS) is 11.6. The molecule has 150 valence electrons. The molecular formula is C23H30N2O3. The van der Waals surface area contributed by atoms with Crippen molar-refractivity contribution in [3.8, 4) is 5.75 Å². The minimum absolute atomic E-state index is 0.110. The summed E-state index contributed by atoms with van der Waals surface area (Å²) in [4.78, 5) is 27.0. The van der Waals surface area contributed by atoms with E-state index in [1.54, 1.807) is 11.8 Å². The first-order valence-electron chi connectivity index (χ1n) is 9.73. The van der Waals surface area contributed by atoms with Crippen LogP contribution in [0.5, 0.6) is 5.75 Å². The lowest BCUT2D eigenvalue weighted by atomic mass is 10.1. The van der Waals surface area contributed by atoms with E-state index in [0.717, 1.165) is 23.1 Å². The Bertz CT molecular complexity index is 769. The molecule has 0 aliphatic carbocycles. The highest BCUT2D eigenvalue weighted by Crippen LogP contribution is 2.17. The molecule has 0 heterocycles. The second kappa shape index (κ2) is 10.5. The van der Waals surface area contributed by atoms with E-state index in [2.05, 4.69) is 11.4 Å². The molecule has 0 saturated carbocycles. The molecular weight excluding hydrogens is 352 g/mol. The Kier molecular flexibility index (Phi) is 8.05. The Morgan fingerprint density at radius 1 is 1.07 bits per heavy atom. The van der Waals surface area contributed by atoms with Gasteiger partial charge in [-0.25, -0.2) is 0 Å². The Hall–Kier alpha value is -2.82. The summed E-state index contributed by atoms with van der Waals surface area (Å²) >= 11 is 0. The van der Waals surface area contributed by atoms with E-state index < -0.39 is 6.04 Å². The lowest BCUT2D eigenvalue weighted by molar-refractivity contribution is -0.142. The quantitative estimate of drug-likeness (QED) is 0.721. The van der Waals surface area contributed by atoms with E-state index in [0.29, 0.717) is 18.8 Å². The molecule has 0 saturated heterocycles. The first-order valence-corrected chi connectivity index (χ1v) is 9.73. The van der Waals surface area contributed by atoms with E-state index in [1.165, 1.54) is 0 Å². The van der Waals surface area contributed by atoms with Crippen LogP contribution in [0.3, 0.4) is 0 Å². The molecule has 2 amide bonds. The van der Waals surface area contributed by atoms with Crippen molar-refractivity contribution in [2.45, 2.75) is 46.7 Å². The Morgan fingerprint density at radius 3 is 2.32 bits per heavy atom. The summed E-state index contributed by atoms with van der Waals surface area (Å²) in [5, 5.41) is 2.87. The van der Waals surface area contributed by atoms with E-state index >= 15 is 0 Å². The van der Waals surface area contributed by atoms with Gasteiger partial charge in [0.15, 0.2) is 6.61 Å². The SMILES string of the molecule is CCCNC(=O)[C@H](C)N(Cc1ccccc1)C(=O)COc1cc(C)cc(C)c1. The lowest BCUT2D eigenvalue weighted by Crippen LogP contribution is -2.49. The molecule has 0 bridgehead atoms. The van der Waals surface area contributed by atoms with Gasteiger partial charge in [0.25, 0.3) is 5.91 Å².